The van der Waals surface area contributed by atoms with Crippen molar-refractivity contribution in [2.75, 3.05) is 32.7 Å². The summed E-state index contributed by atoms with van der Waals surface area (Å²) < 4.78 is 0. The van der Waals surface area contributed by atoms with E-state index < -0.39 is 41.9 Å². The Balaban J connectivity index is 1.47. The molecule has 11 heteroatoms. The normalized spacial score (nSPS) is 16.7. The van der Waals surface area contributed by atoms with Gasteiger partial charge in [0.25, 0.3) is 0 Å². The molecule has 47 heavy (non-hydrogen) atoms. The Morgan fingerprint density at radius 2 is 1.28 bits per heavy atom. The van der Waals surface area contributed by atoms with Crippen molar-refractivity contribution in [3.05, 3.63) is 82.9 Å². The van der Waals surface area contributed by atoms with Crippen molar-refractivity contribution < 1.29 is 19.2 Å². The van der Waals surface area contributed by atoms with Crippen LogP contribution in [0, 0.1) is 5.92 Å². The Labute approximate surface area is 278 Å². The van der Waals surface area contributed by atoms with Crippen molar-refractivity contribution >= 4 is 23.6 Å². The Kier molecular flexibility index (Phi) is 13.5. The molecule has 0 radical (unpaired) electrons. The fourth-order valence-corrected chi connectivity index (χ4v) is 6.14. The summed E-state index contributed by atoms with van der Waals surface area (Å²) in [6.45, 7) is 7.11. The molecule has 0 aliphatic carbocycles. The molecule has 0 fully saturated rings. The molecule has 2 aliphatic heterocycles. The van der Waals surface area contributed by atoms with Crippen molar-refractivity contribution in [3.63, 3.8) is 0 Å². The molecule has 4 atom stereocenters. The molecule has 4 unspecified atom stereocenters. The summed E-state index contributed by atoms with van der Waals surface area (Å²) in [4.78, 5) is 56.4. The molecule has 2 aromatic rings. The Bertz CT molecular complexity index is 1370. The van der Waals surface area contributed by atoms with Gasteiger partial charge in [0.2, 0.25) is 23.6 Å². The third-order valence-electron chi connectivity index (χ3n) is 8.70. The third-order valence-corrected chi connectivity index (χ3v) is 8.70. The maximum absolute atomic E-state index is 13.9. The van der Waals surface area contributed by atoms with Gasteiger partial charge in [-0.1, -0.05) is 74.5 Å². The van der Waals surface area contributed by atoms with Crippen LogP contribution in [-0.2, 0) is 32.0 Å². The van der Waals surface area contributed by atoms with Gasteiger partial charge in [0, 0.05) is 32.6 Å². The van der Waals surface area contributed by atoms with Gasteiger partial charge in [0.05, 0.1) is 6.04 Å². The van der Waals surface area contributed by atoms with E-state index >= 15 is 0 Å². The number of nitrogens with two attached hydrogens (primary N) is 2. The fraction of sp³-hybridized carbons (Fsp3) is 0.500. The second-order valence-corrected chi connectivity index (χ2v) is 13.1. The minimum Gasteiger partial charge on any atom is -0.343 e. The quantitative estimate of drug-likeness (QED) is 0.111. The number of unbranched alkanes of at least 4 members (excludes halogenated alkanes) is 1. The molecule has 2 aliphatic rings. The molecule has 0 bridgehead atoms. The van der Waals surface area contributed by atoms with E-state index in [1.54, 1.807) is 4.90 Å². The topological polar surface area (TPSA) is 172 Å². The number of amides is 4. The van der Waals surface area contributed by atoms with E-state index in [1.165, 1.54) is 11.1 Å². The Morgan fingerprint density at radius 1 is 0.745 bits per heavy atom. The van der Waals surface area contributed by atoms with Crippen LogP contribution < -0.4 is 32.7 Å². The minimum absolute atomic E-state index is 0.0668. The highest BCUT2D eigenvalue weighted by Crippen LogP contribution is 2.22. The third kappa shape index (κ3) is 10.7. The van der Waals surface area contributed by atoms with Gasteiger partial charge >= 0.3 is 0 Å². The number of nitrogens with zero attached hydrogens (tertiary/aromatic N) is 1. The lowest BCUT2D eigenvalue weighted by molar-refractivity contribution is -0.137. The van der Waals surface area contributed by atoms with Gasteiger partial charge in [-0.15, -0.1) is 0 Å². The molecule has 2 aromatic carbocycles. The highest BCUT2D eigenvalue weighted by atomic mass is 16.2. The summed E-state index contributed by atoms with van der Waals surface area (Å²) in [7, 11) is 0. The van der Waals surface area contributed by atoms with Gasteiger partial charge in [0.15, 0.2) is 0 Å². The van der Waals surface area contributed by atoms with Gasteiger partial charge in [-0.25, -0.2) is 0 Å². The van der Waals surface area contributed by atoms with Gasteiger partial charge in [-0.3, -0.25) is 19.2 Å². The lowest BCUT2D eigenvalue weighted by Crippen LogP contribution is -2.58. The number of hydrogen-bond donors (Lipinski definition) is 6. The van der Waals surface area contributed by atoms with Crippen molar-refractivity contribution in [1.29, 1.82) is 0 Å². The van der Waals surface area contributed by atoms with E-state index in [4.69, 9.17) is 11.5 Å². The molecule has 0 aromatic heterocycles. The van der Waals surface area contributed by atoms with E-state index in [1.807, 2.05) is 74.5 Å². The first-order chi connectivity index (χ1) is 22.6. The number of nitrogens with one attached hydrogen (secondary N) is 4. The number of rotatable bonds is 17. The maximum atomic E-state index is 13.9. The van der Waals surface area contributed by atoms with Crippen LogP contribution in [0.15, 0.2) is 71.8 Å². The van der Waals surface area contributed by atoms with Crippen LogP contribution in [0.4, 0.5) is 0 Å². The van der Waals surface area contributed by atoms with Crippen molar-refractivity contribution in [3.8, 4) is 0 Å². The molecule has 0 saturated heterocycles. The van der Waals surface area contributed by atoms with Crippen molar-refractivity contribution in [2.45, 2.75) is 76.5 Å². The van der Waals surface area contributed by atoms with E-state index in [9.17, 15) is 19.2 Å². The van der Waals surface area contributed by atoms with Gasteiger partial charge in [0.1, 0.15) is 18.1 Å². The lowest BCUT2D eigenvalue weighted by Gasteiger charge is -2.29. The Hall–Kier alpha value is -4.06. The summed E-state index contributed by atoms with van der Waals surface area (Å²) in [6.07, 6.45) is 2.76. The zero-order valence-electron chi connectivity index (χ0n) is 27.7. The summed E-state index contributed by atoms with van der Waals surface area (Å²) in [5.74, 6) is -1.43. The molecule has 4 rings (SSSR count). The predicted molar refractivity (Wildman–Crippen MR) is 183 cm³/mol. The van der Waals surface area contributed by atoms with Crippen molar-refractivity contribution in [1.82, 2.24) is 26.2 Å². The molecule has 254 valence electrons. The first-order valence-corrected chi connectivity index (χ1v) is 16.8. The van der Waals surface area contributed by atoms with E-state index in [-0.39, 0.29) is 18.2 Å². The molecular weight excluding hydrogens is 594 g/mol. The molecule has 2 heterocycles. The highest BCUT2D eigenvalue weighted by Gasteiger charge is 2.35. The van der Waals surface area contributed by atoms with Crippen LogP contribution in [-0.4, -0.2) is 85.4 Å². The first-order valence-electron chi connectivity index (χ1n) is 16.8. The summed E-state index contributed by atoms with van der Waals surface area (Å²) in [5.41, 5.74) is 16.2. The number of benzene rings is 2. The molecule has 0 saturated carbocycles. The Morgan fingerprint density at radius 3 is 1.85 bits per heavy atom. The van der Waals surface area contributed by atoms with Crippen LogP contribution in [0.25, 0.3) is 0 Å². The summed E-state index contributed by atoms with van der Waals surface area (Å²) >= 11 is 0. The lowest BCUT2D eigenvalue weighted by atomic mass is 9.99. The number of carbonyl (C=O) groups is 4. The number of carbonyl (C=O) groups excluding carboxylic acids is 4. The second-order valence-electron chi connectivity index (χ2n) is 13.1. The van der Waals surface area contributed by atoms with Crippen LogP contribution in [0.3, 0.4) is 0 Å². The van der Waals surface area contributed by atoms with Gasteiger partial charge in [-0.2, -0.15) is 0 Å². The standard InChI is InChI=1S/C36H51N7O4/c1-24(2)17-31(34(45)40-30(15-9-10-16-37)36(47)43-22-27-20-39-21-28(27)23-43)42-35(46)32(19-26-13-7-4-8-14-26)41-33(44)29(38)18-25-11-5-3-6-12-25/h3-8,11-14,24,29-32,39H,9-10,15-23,37-38H2,1-2H3,(H,40,45)(H,41,44)(H,42,46). The van der Waals surface area contributed by atoms with Gasteiger partial charge in [-0.05, 0) is 66.8 Å². The van der Waals surface area contributed by atoms with Crippen LogP contribution in [0.2, 0.25) is 0 Å². The number of hydrogen-bond acceptors (Lipinski definition) is 7. The SMILES string of the molecule is CC(C)CC(NC(=O)C(Cc1ccccc1)NC(=O)C(N)Cc1ccccc1)C(=O)NC(CCCCN)C(=O)N1CC2=C(CNC2)C1. The minimum atomic E-state index is -0.970. The van der Waals surface area contributed by atoms with E-state index in [0.29, 0.717) is 45.3 Å². The predicted octanol–water partition coefficient (Wildman–Crippen LogP) is 1.17. The van der Waals surface area contributed by atoms with E-state index in [2.05, 4.69) is 21.3 Å². The fourth-order valence-electron chi connectivity index (χ4n) is 6.14. The first kappa shape index (κ1) is 35.8. The molecule has 11 nitrogen and oxygen atoms in total. The monoisotopic (exact) mass is 645 g/mol. The molecule has 8 N–H and O–H groups in total. The highest BCUT2D eigenvalue weighted by molar-refractivity contribution is 5.95. The molecular formula is C36H51N7O4. The summed E-state index contributed by atoms with van der Waals surface area (Å²) in [6, 6.07) is 15.3. The molecule has 4 amide bonds. The zero-order chi connectivity index (χ0) is 33.8. The van der Waals surface area contributed by atoms with Gasteiger partial charge < -0.3 is 37.6 Å². The smallest absolute Gasteiger partial charge is 0.245 e. The molecule has 0 spiro atoms. The average Bonchev–Trinajstić information content (AvgIpc) is 3.67. The van der Waals surface area contributed by atoms with Crippen LogP contribution >= 0.6 is 0 Å². The zero-order valence-corrected chi connectivity index (χ0v) is 27.7. The van der Waals surface area contributed by atoms with E-state index in [0.717, 1.165) is 30.6 Å². The average molecular weight is 646 g/mol. The summed E-state index contributed by atoms with van der Waals surface area (Å²) in [5, 5.41) is 12.0. The maximum Gasteiger partial charge on any atom is 0.245 e. The van der Waals surface area contributed by atoms with Crippen LogP contribution in [0.5, 0.6) is 0 Å². The van der Waals surface area contributed by atoms with Crippen LogP contribution in [0.1, 0.15) is 50.7 Å². The second kappa shape index (κ2) is 17.7. The van der Waals surface area contributed by atoms with Crippen molar-refractivity contribution in [2.24, 2.45) is 17.4 Å². The largest absolute Gasteiger partial charge is 0.343 e.